The molecular formula is C22H29BrN2O6SSi. The van der Waals surface area contributed by atoms with Crippen LogP contribution in [0.3, 0.4) is 0 Å². The van der Waals surface area contributed by atoms with Gasteiger partial charge >= 0.3 is 5.97 Å². The molecule has 3 atom stereocenters. The van der Waals surface area contributed by atoms with Crippen LogP contribution in [0.15, 0.2) is 41.6 Å². The minimum atomic E-state index is -2.45. The molecule has 2 heterocycles. The Labute approximate surface area is 206 Å². The number of nitrogens with one attached hydrogen (secondary N) is 1. The molecule has 1 saturated heterocycles. The predicted octanol–water partition coefficient (Wildman–Crippen LogP) is 2.68. The van der Waals surface area contributed by atoms with Gasteiger partial charge in [0.1, 0.15) is 17.2 Å². The third-order valence-corrected chi connectivity index (χ3v) is 12.8. The highest BCUT2D eigenvalue weighted by Gasteiger charge is 2.61. The number of hydrogen-bond donors (Lipinski definition) is 1. The number of halogens is 1. The zero-order valence-corrected chi connectivity index (χ0v) is 22.7. The molecule has 0 radical (unpaired) electrons. The summed E-state index contributed by atoms with van der Waals surface area (Å²) in [5.41, 5.74) is 0.691. The minimum Gasteiger partial charge on any atom is -0.614 e. The van der Waals surface area contributed by atoms with Crippen LogP contribution in [0.5, 0.6) is 5.75 Å². The number of carbonyl (C=O) groups is 3. The molecule has 0 spiro atoms. The van der Waals surface area contributed by atoms with Crippen LogP contribution < -0.4 is 10.1 Å². The highest BCUT2D eigenvalue weighted by molar-refractivity contribution is 9.09. The molecule has 2 amide bonds. The van der Waals surface area contributed by atoms with Crippen LogP contribution >= 0.6 is 15.9 Å². The van der Waals surface area contributed by atoms with Crippen LogP contribution in [0.25, 0.3) is 0 Å². The number of ether oxygens (including phenoxy) is 1. The molecule has 1 N–H and O–H groups in total. The lowest BCUT2D eigenvalue weighted by atomic mass is 10.0. The Morgan fingerprint density at radius 1 is 1.27 bits per heavy atom. The van der Waals surface area contributed by atoms with Gasteiger partial charge < -0.3 is 19.0 Å². The van der Waals surface area contributed by atoms with Gasteiger partial charge in [0.2, 0.25) is 5.37 Å². The Kier molecular flexibility index (Phi) is 7.67. The SMILES string of the molecule is CC(C)(C)[Si](C)(C)OC(=O)C1=C(CBr)C[S+]([O-])[C@@H]2C(NC(=O)COc3ccccc3)C(=O)N12. The molecule has 0 bridgehead atoms. The summed E-state index contributed by atoms with van der Waals surface area (Å²) < 4.78 is 24.2. The largest absolute Gasteiger partial charge is 0.614 e. The normalized spacial score (nSPS) is 22.9. The second kappa shape index (κ2) is 9.81. The van der Waals surface area contributed by atoms with Gasteiger partial charge in [0.05, 0.1) is 0 Å². The maximum absolute atomic E-state index is 13.2. The number of nitrogens with zero attached hydrogens (tertiary/aromatic N) is 1. The van der Waals surface area contributed by atoms with Crippen molar-refractivity contribution in [3.63, 3.8) is 0 Å². The second-order valence-electron chi connectivity index (χ2n) is 9.51. The molecule has 2 unspecified atom stereocenters. The Hall–Kier alpha value is -1.82. The number of fused-ring (bicyclic) bond motifs is 1. The van der Waals surface area contributed by atoms with Gasteiger partial charge in [-0.1, -0.05) is 54.9 Å². The van der Waals surface area contributed by atoms with E-state index in [1.54, 1.807) is 24.3 Å². The summed E-state index contributed by atoms with van der Waals surface area (Å²) in [6.07, 6.45) is 0. The van der Waals surface area contributed by atoms with Crippen LogP contribution in [0.1, 0.15) is 20.8 Å². The van der Waals surface area contributed by atoms with Crippen LogP contribution in [0.4, 0.5) is 0 Å². The van der Waals surface area contributed by atoms with Crippen LogP contribution in [0.2, 0.25) is 18.1 Å². The Bertz CT molecular complexity index is 965. The standard InChI is InChI=1S/C22H29BrN2O6SSi/c1-22(2,3)33(4,5)31-21(28)18-14(11-23)13-32(29)20-17(19(27)25(18)20)24-16(26)12-30-15-9-7-6-8-10-15/h6-10,17,20H,11-13H2,1-5H3,(H,24,26)/t17?,20-,32?/m1/s1. The highest BCUT2D eigenvalue weighted by atomic mass is 79.9. The van der Waals surface area contributed by atoms with E-state index >= 15 is 0 Å². The lowest BCUT2D eigenvalue weighted by molar-refractivity contribution is -0.150. The van der Waals surface area contributed by atoms with E-state index in [4.69, 9.17) is 9.16 Å². The van der Waals surface area contributed by atoms with E-state index < -0.39 is 48.7 Å². The molecule has 33 heavy (non-hydrogen) atoms. The lowest BCUT2D eigenvalue weighted by Crippen LogP contribution is -2.75. The fraction of sp³-hybridized carbons (Fsp3) is 0.500. The summed E-state index contributed by atoms with van der Waals surface area (Å²) in [7, 11) is -2.45. The average molecular weight is 558 g/mol. The molecule has 180 valence electrons. The molecule has 1 aromatic carbocycles. The Balaban J connectivity index is 1.73. The highest BCUT2D eigenvalue weighted by Crippen LogP contribution is 2.41. The summed E-state index contributed by atoms with van der Waals surface area (Å²) in [6, 6.07) is 7.84. The molecule has 3 rings (SSSR count). The molecule has 0 aliphatic carbocycles. The first-order valence-electron chi connectivity index (χ1n) is 10.6. The maximum atomic E-state index is 13.2. The molecule has 11 heteroatoms. The average Bonchev–Trinajstić information content (AvgIpc) is 2.74. The fourth-order valence-electron chi connectivity index (χ4n) is 3.26. The molecule has 2 aliphatic rings. The first-order valence-corrected chi connectivity index (χ1v) is 16.0. The van der Waals surface area contributed by atoms with E-state index in [1.807, 2.05) is 39.9 Å². The number of amides is 2. The van der Waals surface area contributed by atoms with Gasteiger partial charge in [-0.15, -0.1) is 0 Å². The zero-order valence-electron chi connectivity index (χ0n) is 19.3. The molecule has 0 saturated carbocycles. The number of para-hydroxylation sites is 1. The van der Waals surface area contributed by atoms with Crippen molar-refractivity contribution in [3.05, 3.63) is 41.6 Å². The van der Waals surface area contributed by atoms with E-state index in [2.05, 4.69) is 21.2 Å². The number of carbonyl (C=O) groups excluding carboxylic acids is 3. The van der Waals surface area contributed by atoms with Crippen LogP contribution in [-0.2, 0) is 30.0 Å². The summed E-state index contributed by atoms with van der Waals surface area (Å²) in [4.78, 5) is 39.8. The molecule has 1 aromatic rings. The molecule has 0 aromatic heterocycles. The zero-order chi connectivity index (χ0) is 24.6. The molecular weight excluding hydrogens is 528 g/mol. The van der Waals surface area contributed by atoms with E-state index in [9.17, 15) is 18.9 Å². The number of hydrogen-bond acceptors (Lipinski definition) is 6. The van der Waals surface area contributed by atoms with Crippen molar-refractivity contribution >= 4 is 53.2 Å². The number of rotatable bonds is 7. The summed E-state index contributed by atoms with van der Waals surface area (Å²) in [5.74, 6) is -0.926. The summed E-state index contributed by atoms with van der Waals surface area (Å²) >= 11 is 1.87. The summed E-state index contributed by atoms with van der Waals surface area (Å²) in [5, 5.41) is 1.87. The minimum absolute atomic E-state index is 0.120. The Morgan fingerprint density at radius 3 is 2.48 bits per heavy atom. The number of alkyl halides is 1. The van der Waals surface area contributed by atoms with E-state index in [0.29, 0.717) is 16.7 Å². The number of β-lactam (4-membered cyclic amide) rings is 1. The maximum Gasteiger partial charge on any atom is 0.342 e. The second-order valence-corrected chi connectivity index (χ2v) is 16.3. The topological polar surface area (TPSA) is 108 Å². The first-order chi connectivity index (χ1) is 15.4. The third-order valence-electron chi connectivity index (χ3n) is 6.14. The van der Waals surface area contributed by atoms with Gasteiger partial charge in [-0.25, -0.2) is 4.79 Å². The third kappa shape index (κ3) is 5.31. The smallest absolute Gasteiger partial charge is 0.342 e. The van der Waals surface area contributed by atoms with Gasteiger partial charge in [0.15, 0.2) is 12.6 Å². The Morgan fingerprint density at radius 2 is 1.91 bits per heavy atom. The van der Waals surface area contributed by atoms with E-state index in [-0.39, 0.29) is 23.1 Å². The fourth-order valence-corrected chi connectivity index (χ4v) is 6.54. The van der Waals surface area contributed by atoms with Gasteiger partial charge in [-0.3, -0.25) is 14.5 Å². The van der Waals surface area contributed by atoms with Crippen molar-refractivity contribution in [1.29, 1.82) is 0 Å². The van der Waals surface area contributed by atoms with Crippen molar-refractivity contribution in [3.8, 4) is 5.75 Å². The van der Waals surface area contributed by atoms with Crippen LogP contribution in [0, 0.1) is 0 Å². The quantitative estimate of drug-likeness (QED) is 0.239. The van der Waals surface area contributed by atoms with Crippen molar-refractivity contribution in [2.24, 2.45) is 0 Å². The van der Waals surface area contributed by atoms with E-state index in [1.165, 1.54) is 4.90 Å². The summed E-state index contributed by atoms with van der Waals surface area (Å²) in [6.45, 7) is 9.67. The van der Waals surface area contributed by atoms with Crippen molar-refractivity contribution < 1.29 is 28.1 Å². The lowest BCUT2D eigenvalue weighted by Gasteiger charge is -2.49. The van der Waals surface area contributed by atoms with Crippen molar-refractivity contribution in [2.75, 3.05) is 17.7 Å². The van der Waals surface area contributed by atoms with Crippen molar-refractivity contribution in [1.82, 2.24) is 10.2 Å². The predicted molar refractivity (Wildman–Crippen MR) is 132 cm³/mol. The van der Waals surface area contributed by atoms with Gasteiger partial charge in [0.25, 0.3) is 20.1 Å². The molecule has 8 nitrogen and oxygen atoms in total. The van der Waals surface area contributed by atoms with Gasteiger partial charge in [-0.05, 0) is 41.4 Å². The molecule has 1 fully saturated rings. The molecule has 2 aliphatic heterocycles. The van der Waals surface area contributed by atoms with Gasteiger partial charge in [-0.2, -0.15) is 0 Å². The first kappa shape index (κ1) is 25.8. The van der Waals surface area contributed by atoms with E-state index in [0.717, 1.165) is 0 Å². The van der Waals surface area contributed by atoms with Crippen LogP contribution in [-0.4, -0.2) is 64.7 Å². The monoisotopic (exact) mass is 556 g/mol. The number of benzene rings is 1. The van der Waals surface area contributed by atoms with Crippen molar-refractivity contribution in [2.45, 2.75) is 50.3 Å². The van der Waals surface area contributed by atoms with Gasteiger partial charge in [0, 0.05) is 10.9 Å².